The Bertz CT molecular complexity index is 155. The lowest BCUT2D eigenvalue weighted by molar-refractivity contribution is -0.139. The summed E-state index contributed by atoms with van der Waals surface area (Å²) in [5.41, 5.74) is 0. The molecule has 0 saturated heterocycles. The van der Waals surface area contributed by atoms with Crippen molar-refractivity contribution < 1.29 is 9.53 Å². The number of hydrogen-bond donors (Lipinski definition) is 0. The molecule has 0 fully saturated rings. The van der Waals surface area contributed by atoms with E-state index in [-0.39, 0.29) is 12.4 Å². The van der Waals surface area contributed by atoms with E-state index in [1.54, 1.807) is 0 Å². The molecule has 0 bridgehead atoms. The van der Waals surface area contributed by atoms with Crippen molar-refractivity contribution in [2.75, 3.05) is 7.11 Å². The fraction of sp³-hybridized carbons (Fsp3) is 0.333. The maximum absolute atomic E-state index is 10.3. The predicted octanol–water partition coefficient (Wildman–Crippen LogP) is 0.982. The van der Waals surface area contributed by atoms with E-state index in [1.165, 1.54) is 19.4 Å². The molecule has 0 N–H and O–H groups in total. The molecular weight excluding hydrogens is 118 g/mol. The molecule has 0 aromatic heterocycles. The van der Waals surface area contributed by atoms with Crippen LogP contribution in [-0.4, -0.2) is 13.1 Å². The maximum Gasteiger partial charge on any atom is 0.308 e. The van der Waals surface area contributed by atoms with E-state index in [0.717, 1.165) is 0 Å². The molecular formula is C6H7NO2. The first-order valence-corrected chi connectivity index (χ1v) is 2.39. The fourth-order valence-corrected chi connectivity index (χ4v) is 0.285. The van der Waals surface area contributed by atoms with Gasteiger partial charge in [0.25, 0.3) is 0 Å². The second kappa shape index (κ2) is 4.85. The minimum Gasteiger partial charge on any atom is -0.469 e. The van der Waals surface area contributed by atoms with Crippen LogP contribution in [0.2, 0.25) is 0 Å². The Labute approximate surface area is 53.8 Å². The van der Waals surface area contributed by atoms with Crippen LogP contribution < -0.4 is 0 Å². The van der Waals surface area contributed by atoms with Crippen LogP contribution in [0.3, 0.4) is 0 Å². The number of nitrogens with zero attached hydrogens (tertiary/aromatic N) is 1. The lowest BCUT2D eigenvalue weighted by atomic mass is 10.4. The normalized spacial score (nSPS) is 8.89. The summed E-state index contributed by atoms with van der Waals surface area (Å²) in [6.07, 6.45) is 2.87. The number of carbonyl (C=O) groups is 1. The van der Waals surface area contributed by atoms with Gasteiger partial charge in [0.15, 0.2) is 6.20 Å². The van der Waals surface area contributed by atoms with E-state index in [0.29, 0.717) is 0 Å². The minimum absolute atomic E-state index is 0.179. The van der Waals surface area contributed by atoms with Crippen LogP contribution in [0.1, 0.15) is 6.42 Å². The smallest absolute Gasteiger partial charge is 0.308 e. The minimum atomic E-state index is -0.324. The van der Waals surface area contributed by atoms with Gasteiger partial charge < -0.3 is 4.74 Å². The van der Waals surface area contributed by atoms with Gasteiger partial charge in [0, 0.05) is 0 Å². The molecule has 3 heteroatoms. The Morgan fingerprint density at radius 3 is 3.00 bits per heavy atom. The van der Waals surface area contributed by atoms with Gasteiger partial charge in [0.05, 0.1) is 20.1 Å². The molecule has 0 aromatic carbocycles. The van der Waals surface area contributed by atoms with Gasteiger partial charge in [-0.15, -0.1) is 0 Å². The molecule has 0 aliphatic carbocycles. The Hall–Kier alpha value is -1.30. The van der Waals surface area contributed by atoms with Crippen LogP contribution in [0.15, 0.2) is 12.3 Å². The number of ether oxygens (including phenoxy) is 1. The lowest BCUT2D eigenvalue weighted by Gasteiger charge is -1.89. The molecule has 0 unspecified atom stereocenters. The highest BCUT2D eigenvalue weighted by atomic mass is 16.5. The largest absolute Gasteiger partial charge is 0.469 e. The van der Waals surface area contributed by atoms with E-state index < -0.39 is 0 Å². The zero-order valence-corrected chi connectivity index (χ0v) is 5.13. The average molecular weight is 125 g/mol. The third-order valence-corrected chi connectivity index (χ3v) is 0.692. The fourth-order valence-electron chi connectivity index (χ4n) is 0.285. The molecule has 0 amide bonds. The molecule has 0 aromatic rings. The molecule has 0 aliphatic heterocycles. The highest BCUT2D eigenvalue weighted by molar-refractivity contribution is 5.70. The molecule has 0 saturated carbocycles. The van der Waals surface area contributed by atoms with Crippen molar-refractivity contribution in [2.45, 2.75) is 6.42 Å². The monoisotopic (exact) mass is 125 g/mol. The summed E-state index contributed by atoms with van der Waals surface area (Å²) >= 11 is 0. The van der Waals surface area contributed by atoms with Crippen molar-refractivity contribution in [1.29, 1.82) is 0 Å². The van der Waals surface area contributed by atoms with E-state index in [2.05, 4.69) is 9.58 Å². The number of rotatable bonds is 2. The van der Waals surface area contributed by atoms with Crippen LogP contribution in [0.25, 0.3) is 4.85 Å². The van der Waals surface area contributed by atoms with Gasteiger partial charge in [-0.2, -0.15) is 0 Å². The summed E-state index contributed by atoms with van der Waals surface area (Å²) in [5, 5.41) is 0. The van der Waals surface area contributed by atoms with Gasteiger partial charge in [0.1, 0.15) is 0 Å². The van der Waals surface area contributed by atoms with Gasteiger partial charge in [-0.3, -0.25) is 4.79 Å². The second-order valence-electron chi connectivity index (χ2n) is 1.29. The van der Waals surface area contributed by atoms with Gasteiger partial charge in [-0.05, 0) is 0 Å². The quantitative estimate of drug-likeness (QED) is 0.407. The Balaban J connectivity index is 3.41. The molecule has 9 heavy (non-hydrogen) atoms. The predicted molar refractivity (Wildman–Crippen MR) is 32.4 cm³/mol. The second-order valence-corrected chi connectivity index (χ2v) is 1.29. The standard InChI is InChI=1S/C6H7NO2/c1-7-5-3-4-6(8)9-2/h3,5H,4H2,2H3. The maximum atomic E-state index is 10.3. The summed E-state index contributed by atoms with van der Waals surface area (Å²) in [5.74, 6) is -0.324. The summed E-state index contributed by atoms with van der Waals surface area (Å²) < 4.78 is 4.30. The molecule has 0 aliphatic rings. The van der Waals surface area contributed by atoms with Crippen LogP contribution >= 0.6 is 0 Å². The van der Waals surface area contributed by atoms with Gasteiger partial charge in [-0.1, -0.05) is 6.08 Å². The average Bonchev–Trinajstić information content (AvgIpc) is 1.89. The first-order valence-electron chi connectivity index (χ1n) is 2.39. The van der Waals surface area contributed by atoms with Crippen molar-refractivity contribution in [2.24, 2.45) is 0 Å². The Morgan fingerprint density at radius 2 is 2.56 bits per heavy atom. The number of hydrogen-bond acceptors (Lipinski definition) is 2. The van der Waals surface area contributed by atoms with Gasteiger partial charge in [0.2, 0.25) is 0 Å². The van der Waals surface area contributed by atoms with Crippen molar-refractivity contribution >= 4 is 5.97 Å². The van der Waals surface area contributed by atoms with Crippen molar-refractivity contribution in [3.63, 3.8) is 0 Å². The molecule has 0 radical (unpaired) electrons. The molecule has 0 rings (SSSR count). The van der Waals surface area contributed by atoms with Crippen LogP contribution in [0.5, 0.6) is 0 Å². The van der Waals surface area contributed by atoms with E-state index in [4.69, 9.17) is 6.57 Å². The topological polar surface area (TPSA) is 30.7 Å². The summed E-state index contributed by atoms with van der Waals surface area (Å²) in [6, 6.07) is 0. The van der Waals surface area contributed by atoms with E-state index in [9.17, 15) is 4.79 Å². The number of esters is 1. The molecule has 0 heterocycles. The van der Waals surface area contributed by atoms with Gasteiger partial charge in [-0.25, -0.2) is 4.85 Å². The summed E-state index contributed by atoms with van der Waals surface area (Å²) in [6.45, 7) is 6.29. The summed E-state index contributed by atoms with van der Waals surface area (Å²) in [7, 11) is 1.31. The first kappa shape index (κ1) is 7.70. The van der Waals surface area contributed by atoms with Crippen molar-refractivity contribution in [1.82, 2.24) is 0 Å². The van der Waals surface area contributed by atoms with Gasteiger partial charge >= 0.3 is 5.97 Å². The number of carbonyl (C=O) groups excluding carboxylic acids is 1. The Kier molecular flexibility index (Phi) is 4.15. The number of methoxy groups -OCH3 is 1. The molecule has 0 atom stereocenters. The third-order valence-electron chi connectivity index (χ3n) is 0.692. The van der Waals surface area contributed by atoms with Crippen LogP contribution in [0, 0.1) is 6.57 Å². The third kappa shape index (κ3) is 4.56. The molecule has 0 spiro atoms. The van der Waals surface area contributed by atoms with E-state index in [1.807, 2.05) is 0 Å². The van der Waals surface area contributed by atoms with Crippen molar-refractivity contribution in [3.05, 3.63) is 23.7 Å². The lowest BCUT2D eigenvalue weighted by Crippen LogP contribution is -1.96. The highest BCUT2D eigenvalue weighted by Gasteiger charge is 1.91. The van der Waals surface area contributed by atoms with Crippen LogP contribution in [-0.2, 0) is 9.53 Å². The van der Waals surface area contributed by atoms with Crippen LogP contribution in [0.4, 0.5) is 0 Å². The Morgan fingerprint density at radius 1 is 1.89 bits per heavy atom. The zero-order chi connectivity index (χ0) is 7.11. The van der Waals surface area contributed by atoms with Crippen molar-refractivity contribution in [3.8, 4) is 0 Å². The SMILES string of the molecule is [C-]#[N+]C=CCC(=O)OC. The zero-order valence-electron chi connectivity index (χ0n) is 5.13. The molecule has 3 nitrogen and oxygen atoms in total. The molecule has 48 valence electrons. The first-order chi connectivity index (χ1) is 4.31. The summed E-state index contributed by atoms with van der Waals surface area (Å²) in [4.78, 5) is 13.2. The highest BCUT2D eigenvalue weighted by Crippen LogP contribution is 1.85. The van der Waals surface area contributed by atoms with E-state index >= 15 is 0 Å².